The Balaban J connectivity index is 1.62. The van der Waals surface area contributed by atoms with Gasteiger partial charge in [0.25, 0.3) is 0 Å². The number of halogens is 1. The predicted octanol–water partition coefficient (Wildman–Crippen LogP) is 2.78. The number of aliphatic hydroxyl groups excluding tert-OH is 1. The summed E-state index contributed by atoms with van der Waals surface area (Å²) in [4.78, 5) is 2.24. The maximum absolute atomic E-state index is 13.2. The summed E-state index contributed by atoms with van der Waals surface area (Å²) in [5, 5.41) is 14.5. The molecule has 0 radical (unpaired) electrons. The molecule has 0 bridgehead atoms. The molecule has 0 saturated carbocycles. The van der Waals surface area contributed by atoms with Gasteiger partial charge in [-0.25, -0.2) is 8.91 Å². The fraction of sp³-hybridized carbons (Fsp3) is 0.278. The molecule has 1 saturated heterocycles. The van der Waals surface area contributed by atoms with Crippen LogP contribution < -0.4 is 0 Å². The van der Waals surface area contributed by atoms with E-state index in [9.17, 15) is 9.50 Å². The van der Waals surface area contributed by atoms with Crippen molar-refractivity contribution in [2.24, 2.45) is 0 Å². The summed E-state index contributed by atoms with van der Waals surface area (Å²) in [7, 11) is 0. The summed E-state index contributed by atoms with van der Waals surface area (Å²) in [5.41, 5.74) is 3.25. The Morgan fingerprint density at radius 3 is 2.83 bits per heavy atom. The van der Waals surface area contributed by atoms with E-state index in [0.717, 1.165) is 16.6 Å². The highest BCUT2D eigenvalue weighted by Gasteiger charge is 2.32. The van der Waals surface area contributed by atoms with Gasteiger partial charge in [0.15, 0.2) is 0 Å². The lowest BCUT2D eigenvalue weighted by Crippen LogP contribution is -2.24. The molecule has 1 aliphatic rings. The molecule has 1 N–H and O–H groups in total. The zero-order chi connectivity index (χ0) is 15.8. The third-order valence-corrected chi connectivity index (χ3v) is 4.52. The van der Waals surface area contributed by atoms with Gasteiger partial charge in [-0.15, -0.1) is 0 Å². The summed E-state index contributed by atoms with van der Waals surface area (Å²) in [6.45, 7) is 1.33. The van der Waals surface area contributed by atoms with Crippen molar-refractivity contribution in [1.29, 1.82) is 0 Å². The van der Waals surface area contributed by atoms with Crippen molar-refractivity contribution in [3.05, 3.63) is 71.8 Å². The maximum Gasteiger partial charge on any atom is 0.123 e. The van der Waals surface area contributed by atoms with Crippen molar-refractivity contribution >= 4 is 5.52 Å². The molecule has 1 aromatic carbocycles. The molecule has 1 fully saturated rings. The summed E-state index contributed by atoms with van der Waals surface area (Å²) in [6, 6.07) is 12.7. The fourth-order valence-electron chi connectivity index (χ4n) is 3.41. The van der Waals surface area contributed by atoms with Crippen LogP contribution in [-0.4, -0.2) is 32.3 Å². The van der Waals surface area contributed by atoms with Gasteiger partial charge in [-0.05, 0) is 36.2 Å². The standard InChI is InChI=1S/C18H18FN3O/c19-15-6-4-13(5-7-15)18-9-16(23)12-21(18)11-14-10-20-22-8-2-1-3-17(14)22/h1-8,10,16,18,23H,9,11-12H2. The molecule has 2 atom stereocenters. The van der Waals surface area contributed by atoms with E-state index >= 15 is 0 Å². The lowest BCUT2D eigenvalue weighted by Gasteiger charge is -2.24. The lowest BCUT2D eigenvalue weighted by molar-refractivity contribution is 0.173. The van der Waals surface area contributed by atoms with Gasteiger partial charge in [-0.2, -0.15) is 5.10 Å². The molecule has 2 aromatic heterocycles. The molecular weight excluding hydrogens is 293 g/mol. The Morgan fingerprint density at radius 1 is 1.17 bits per heavy atom. The number of fused-ring (bicyclic) bond motifs is 1. The number of β-amino-alcohol motifs (C(OH)–C–C–N with tert-alkyl or cyclic N) is 1. The average molecular weight is 311 g/mol. The molecule has 118 valence electrons. The average Bonchev–Trinajstić information content (AvgIpc) is 3.13. The number of pyridine rings is 1. The van der Waals surface area contributed by atoms with E-state index in [0.29, 0.717) is 19.5 Å². The van der Waals surface area contributed by atoms with Crippen LogP contribution in [0.4, 0.5) is 4.39 Å². The Bertz CT molecular complexity index is 815. The first-order valence-corrected chi connectivity index (χ1v) is 7.79. The Morgan fingerprint density at radius 2 is 2.00 bits per heavy atom. The lowest BCUT2D eigenvalue weighted by atomic mass is 10.0. The van der Waals surface area contributed by atoms with Crippen LogP contribution in [0.2, 0.25) is 0 Å². The molecule has 4 rings (SSSR count). The molecule has 4 nitrogen and oxygen atoms in total. The Hall–Kier alpha value is -2.24. The molecular formula is C18H18FN3O. The minimum atomic E-state index is -0.355. The summed E-state index contributed by atoms with van der Waals surface area (Å²) in [5.74, 6) is -0.235. The van der Waals surface area contributed by atoms with E-state index in [1.807, 2.05) is 35.1 Å². The highest BCUT2D eigenvalue weighted by Crippen LogP contribution is 2.34. The number of hydrogen-bond donors (Lipinski definition) is 1. The first kappa shape index (κ1) is 14.4. The number of likely N-dealkylation sites (tertiary alicyclic amines) is 1. The van der Waals surface area contributed by atoms with Crippen molar-refractivity contribution in [2.75, 3.05) is 6.54 Å². The SMILES string of the molecule is OC1CC(c2ccc(F)cc2)N(Cc2cnn3ccccc23)C1. The van der Waals surface area contributed by atoms with Crippen LogP contribution in [0.1, 0.15) is 23.6 Å². The zero-order valence-corrected chi connectivity index (χ0v) is 12.6. The van der Waals surface area contributed by atoms with Crippen molar-refractivity contribution in [1.82, 2.24) is 14.5 Å². The van der Waals surface area contributed by atoms with E-state index in [1.54, 1.807) is 12.1 Å². The second-order valence-corrected chi connectivity index (χ2v) is 6.09. The second kappa shape index (κ2) is 5.76. The van der Waals surface area contributed by atoms with E-state index in [4.69, 9.17) is 0 Å². The van der Waals surface area contributed by atoms with E-state index < -0.39 is 0 Å². The summed E-state index contributed by atoms with van der Waals surface area (Å²) >= 11 is 0. The van der Waals surface area contributed by atoms with Gasteiger partial charge in [0.05, 0.1) is 17.8 Å². The van der Waals surface area contributed by atoms with Gasteiger partial charge in [0, 0.05) is 30.9 Å². The van der Waals surface area contributed by atoms with Crippen LogP contribution in [0.3, 0.4) is 0 Å². The van der Waals surface area contributed by atoms with Gasteiger partial charge >= 0.3 is 0 Å². The molecule has 5 heteroatoms. The van der Waals surface area contributed by atoms with Gasteiger partial charge in [-0.3, -0.25) is 4.90 Å². The van der Waals surface area contributed by atoms with Crippen LogP contribution in [0, 0.1) is 5.82 Å². The molecule has 23 heavy (non-hydrogen) atoms. The van der Waals surface area contributed by atoms with E-state index in [1.165, 1.54) is 12.1 Å². The molecule has 0 aliphatic carbocycles. The molecule has 3 heterocycles. The van der Waals surface area contributed by atoms with Crippen LogP contribution in [0.15, 0.2) is 54.9 Å². The van der Waals surface area contributed by atoms with Gasteiger partial charge in [-0.1, -0.05) is 18.2 Å². The fourth-order valence-corrected chi connectivity index (χ4v) is 3.41. The Labute approximate surface area is 133 Å². The van der Waals surface area contributed by atoms with Crippen molar-refractivity contribution in [3.8, 4) is 0 Å². The number of aromatic nitrogens is 2. The minimum Gasteiger partial charge on any atom is -0.392 e. The Kier molecular flexibility index (Phi) is 3.59. The molecule has 0 spiro atoms. The third-order valence-electron chi connectivity index (χ3n) is 4.52. The minimum absolute atomic E-state index is 0.101. The number of aliphatic hydroxyl groups is 1. The number of hydrogen-bond acceptors (Lipinski definition) is 3. The van der Waals surface area contributed by atoms with Crippen molar-refractivity contribution < 1.29 is 9.50 Å². The van der Waals surface area contributed by atoms with E-state index in [2.05, 4.69) is 10.00 Å². The monoisotopic (exact) mass is 311 g/mol. The first-order chi connectivity index (χ1) is 11.2. The van der Waals surface area contributed by atoms with Crippen LogP contribution in [-0.2, 0) is 6.54 Å². The smallest absolute Gasteiger partial charge is 0.123 e. The molecule has 2 unspecified atom stereocenters. The zero-order valence-electron chi connectivity index (χ0n) is 12.6. The quantitative estimate of drug-likeness (QED) is 0.808. The number of nitrogens with zero attached hydrogens (tertiary/aromatic N) is 3. The highest BCUT2D eigenvalue weighted by molar-refractivity contribution is 5.53. The first-order valence-electron chi connectivity index (χ1n) is 7.79. The number of rotatable bonds is 3. The van der Waals surface area contributed by atoms with Crippen molar-refractivity contribution in [2.45, 2.75) is 25.1 Å². The predicted molar refractivity (Wildman–Crippen MR) is 85.4 cm³/mol. The summed E-state index contributed by atoms with van der Waals surface area (Å²) < 4.78 is 15.0. The van der Waals surface area contributed by atoms with Crippen LogP contribution in [0.25, 0.3) is 5.52 Å². The number of benzene rings is 1. The normalized spacial score (nSPS) is 22.0. The molecule has 3 aromatic rings. The van der Waals surface area contributed by atoms with Gasteiger partial charge in [0.2, 0.25) is 0 Å². The molecule has 0 amide bonds. The largest absolute Gasteiger partial charge is 0.392 e. The van der Waals surface area contributed by atoms with Crippen molar-refractivity contribution in [3.63, 3.8) is 0 Å². The van der Waals surface area contributed by atoms with Crippen LogP contribution in [0.5, 0.6) is 0 Å². The van der Waals surface area contributed by atoms with Crippen LogP contribution >= 0.6 is 0 Å². The maximum atomic E-state index is 13.2. The third kappa shape index (κ3) is 2.73. The molecule has 1 aliphatic heterocycles. The van der Waals surface area contributed by atoms with E-state index in [-0.39, 0.29) is 18.0 Å². The topological polar surface area (TPSA) is 40.8 Å². The second-order valence-electron chi connectivity index (χ2n) is 6.09. The van der Waals surface area contributed by atoms with Gasteiger partial charge < -0.3 is 5.11 Å². The summed E-state index contributed by atoms with van der Waals surface area (Å²) in [6.07, 6.45) is 4.12. The highest BCUT2D eigenvalue weighted by atomic mass is 19.1. The van der Waals surface area contributed by atoms with Gasteiger partial charge in [0.1, 0.15) is 5.82 Å².